The molecule has 13 heteroatoms. The first-order chi connectivity index (χ1) is 12.2. The van der Waals surface area contributed by atoms with Crippen LogP contribution in [0.5, 0.6) is 0 Å². The number of carbonyl (C=O) groups excluding carboxylic acids is 3. The summed E-state index contributed by atoms with van der Waals surface area (Å²) in [5.41, 5.74) is 5.24. The number of amides is 2. The SMILES string of the molecule is CCOC(=O)c1c(NC(=O)c2n[nH]c([N+](=O)[O-])c2Br)sc(C(N)=O)c1C. The summed E-state index contributed by atoms with van der Waals surface area (Å²) in [6.07, 6.45) is 0. The van der Waals surface area contributed by atoms with Crippen LogP contribution in [0.4, 0.5) is 10.8 Å². The number of esters is 1. The van der Waals surface area contributed by atoms with Crippen molar-refractivity contribution in [2.24, 2.45) is 5.73 Å². The quantitative estimate of drug-likeness (QED) is 0.346. The lowest BCUT2D eigenvalue weighted by Gasteiger charge is -2.06. The van der Waals surface area contributed by atoms with Crippen LogP contribution in [0.25, 0.3) is 0 Å². The van der Waals surface area contributed by atoms with E-state index in [4.69, 9.17) is 10.5 Å². The molecule has 0 aliphatic heterocycles. The third kappa shape index (κ3) is 3.57. The van der Waals surface area contributed by atoms with Crippen LogP contribution in [0.3, 0.4) is 0 Å². The zero-order valence-corrected chi connectivity index (χ0v) is 15.8. The minimum Gasteiger partial charge on any atom is -0.462 e. The number of nitro groups is 1. The van der Waals surface area contributed by atoms with Crippen molar-refractivity contribution in [3.05, 3.63) is 36.3 Å². The number of thiophene rings is 1. The number of aromatic nitrogens is 2. The average molecular weight is 446 g/mol. The Bertz CT molecular complexity index is 921. The van der Waals surface area contributed by atoms with Crippen LogP contribution >= 0.6 is 27.3 Å². The van der Waals surface area contributed by atoms with Gasteiger partial charge in [-0.2, -0.15) is 0 Å². The molecule has 2 aromatic heterocycles. The Labute approximate surface area is 158 Å². The van der Waals surface area contributed by atoms with Crippen molar-refractivity contribution >= 4 is 55.9 Å². The summed E-state index contributed by atoms with van der Waals surface area (Å²) in [5.74, 6) is -2.84. The molecule has 11 nitrogen and oxygen atoms in total. The van der Waals surface area contributed by atoms with Gasteiger partial charge >= 0.3 is 11.8 Å². The van der Waals surface area contributed by atoms with Crippen molar-refractivity contribution in [1.29, 1.82) is 0 Å². The number of nitrogens with two attached hydrogens (primary N) is 1. The maximum atomic E-state index is 12.4. The molecule has 0 radical (unpaired) electrons. The van der Waals surface area contributed by atoms with E-state index in [1.165, 1.54) is 6.92 Å². The van der Waals surface area contributed by atoms with Gasteiger partial charge in [0.15, 0.2) is 5.69 Å². The number of primary amides is 1. The Balaban J connectivity index is 2.44. The van der Waals surface area contributed by atoms with Gasteiger partial charge in [-0.1, -0.05) is 5.10 Å². The Kier molecular flexibility index (Phi) is 5.72. The van der Waals surface area contributed by atoms with Crippen LogP contribution in [0.1, 0.15) is 43.0 Å². The topological polar surface area (TPSA) is 170 Å². The molecule has 2 aromatic rings. The van der Waals surface area contributed by atoms with E-state index in [1.807, 2.05) is 0 Å². The van der Waals surface area contributed by atoms with E-state index < -0.39 is 28.5 Å². The lowest BCUT2D eigenvalue weighted by atomic mass is 10.1. The fourth-order valence-electron chi connectivity index (χ4n) is 2.04. The summed E-state index contributed by atoms with van der Waals surface area (Å²) in [6, 6.07) is 0. The number of anilines is 1. The highest BCUT2D eigenvalue weighted by Crippen LogP contribution is 2.34. The molecule has 2 amide bonds. The summed E-state index contributed by atoms with van der Waals surface area (Å²) in [7, 11) is 0. The maximum absolute atomic E-state index is 12.4. The predicted octanol–water partition coefficient (Wildman–Crippen LogP) is 1.98. The van der Waals surface area contributed by atoms with Crippen LogP contribution in [0, 0.1) is 17.0 Å². The van der Waals surface area contributed by atoms with E-state index in [0.717, 1.165) is 11.3 Å². The van der Waals surface area contributed by atoms with Gasteiger partial charge in [-0.05, 0) is 40.3 Å². The van der Waals surface area contributed by atoms with Gasteiger partial charge in [0.25, 0.3) is 11.8 Å². The second-order valence-electron chi connectivity index (χ2n) is 4.79. The summed E-state index contributed by atoms with van der Waals surface area (Å²) in [5, 5.41) is 18.9. The van der Waals surface area contributed by atoms with Crippen LogP contribution < -0.4 is 11.1 Å². The highest BCUT2D eigenvalue weighted by molar-refractivity contribution is 9.10. The number of hydrogen-bond donors (Lipinski definition) is 3. The lowest BCUT2D eigenvalue weighted by Crippen LogP contribution is -2.16. The number of aromatic amines is 1. The lowest BCUT2D eigenvalue weighted by molar-refractivity contribution is -0.390. The van der Waals surface area contributed by atoms with Crippen LogP contribution in [-0.2, 0) is 4.74 Å². The van der Waals surface area contributed by atoms with Crippen molar-refractivity contribution < 1.29 is 24.0 Å². The Morgan fingerprint density at radius 3 is 2.62 bits per heavy atom. The Hall–Kier alpha value is -2.80. The zero-order valence-electron chi connectivity index (χ0n) is 13.4. The first kappa shape index (κ1) is 19.5. The van der Waals surface area contributed by atoms with Crippen molar-refractivity contribution in [3.8, 4) is 0 Å². The summed E-state index contributed by atoms with van der Waals surface area (Å²) >= 11 is 3.72. The number of nitrogens with zero attached hydrogens (tertiary/aromatic N) is 2. The van der Waals surface area contributed by atoms with Gasteiger partial charge < -0.3 is 25.9 Å². The standard InChI is InChI=1S/C13H12BrN5O6S/c1-3-25-13(22)5-4(2)8(9(15)20)26-12(5)16-11(21)7-6(14)10(18-17-7)19(23)24/h3H2,1-2H3,(H2,15,20)(H,16,21)(H,17,18). The smallest absolute Gasteiger partial charge is 0.357 e. The molecule has 0 saturated carbocycles. The number of halogens is 1. The molecule has 0 aliphatic rings. The summed E-state index contributed by atoms with van der Waals surface area (Å²) in [6.45, 7) is 3.19. The van der Waals surface area contributed by atoms with Crippen molar-refractivity contribution in [1.82, 2.24) is 10.2 Å². The van der Waals surface area contributed by atoms with Gasteiger partial charge in [-0.15, -0.1) is 16.4 Å². The second kappa shape index (κ2) is 7.61. The van der Waals surface area contributed by atoms with Crippen LogP contribution in [0.15, 0.2) is 4.47 Å². The predicted molar refractivity (Wildman–Crippen MR) is 94.4 cm³/mol. The summed E-state index contributed by atoms with van der Waals surface area (Å²) in [4.78, 5) is 46.2. The Morgan fingerprint density at radius 1 is 1.46 bits per heavy atom. The normalized spacial score (nSPS) is 10.4. The van der Waals surface area contributed by atoms with Gasteiger partial charge in [-0.3, -0.25) is 9.59 Å². The second-order valence-corrected chi connectivity index (χ2v) is 6.60. The highest BCUT2D eigenvalue weighted by Gasteiger charge is 2.29. The fraction of sp³-hybridized carbons (Fsp3) is 0.231. The largest absolute Gasteiger partial charge is 0.462 e. The molecular weight excluding hydrogens is 434 g/mol. The van der Waals surface area contributed by atoms with E-state index >= 15 is 0 Å². The van der Waals surface area contributed by atoms with Crippen molar-refractivity contribution in [3.63, 3.8) is 0 Å². The van der Waals surface area contributed by atoms with Crippen molar-refractivity contribution in [2.75, 3.05) is 11.9 Å². The zero-order chi connectivity index (χ0) is 19.6. The minimum atomic E-state index is -0.830. The molecule has 2 rings (SSSR count). The summed E-state index contributed by atoms with van der Waals surface area (Å²) < 4.78 is 4.78. The molecular formula is C13H12BrN5O6S. The molecule has 0 aliphatic carbocycles. The van der Waals surface area contributed by atoms with E-state index in [1.54, 1.807) is 6.92 Å². The molecule has 0 aromatic carbocycles. The highest BCUT2D eigenvalue weighted by atomic mass is 79.9. The monoisotopic (exact) mass is 445 g/mol. The number of nitrogens with one attached hydrogen (secondary N) is 2. The molecule has 0 fully saturated rings. The molecule has 2 heterocycles. The third-order valence-electron chi connectivity index (χ3n) is 3.16. The molecule has 138 valence electrons. The van der Waals surface area contributed by atoms with E-state index in [0.29, 0.717) is 0 Å². The molecule has 0 bridgehead atoms. The molecule has 0 unspecified atom stereocenters. The number of H-pyrrole nitrogens is 1. The molecule has 0 atom stereocenters. The number of carbonyl (C=O) groups is 3. The van der Waals surface area contributed by atoms with Gasteiger partial charge in [0.05, 0.1) is 17.0 Å². The van der Waals surface area contributed by atoms with Gasteiger partial charge in [0.2, 0.25) is 0 Å². The van der Waals surface area contributed by atoms with Gasteiger partial charge in [0.1, 0.15) is 9.47 Å². The van der Waals surface area contributed by atoms with Crippen molar-refractivity contribution in [2.45, 2.75) is 13.8 Å². The van der Waals surface area contributed by atoms with E-state index in [2.05, 4.69) is 31.4 Å². The number of hydrogen-bond acceptors (Lipinski definition) is 8. The first-order valence-corrected chi connectivity index (χ1v) is 8.59. The number of ether oxygens (including phenoxy) is 1. The fourth-order valence-corrected chi connectivity index (χ4v) is 3.58. The van der Waals surface area contributed by atoms with E-state index in [-0.39, 0.29) is 37.8 Å². The Morgan fingerprint density at radius 2 is 2.12 bits per heavy atom. The van der Waals surface area contributed by atoms with Crippen LogP contribution in [-0.4, -0.2) is 39.5 Å². The van der Waals surface area contributed by atoms with Gasteiger partial charge in [-0.25, -0.2) is 4.79 Å². The molecule has 0 saturated heterocycles. The molecule has 0 spiro atoms. The number of rotatable bonds is 6. The third-order valence-corrected chi connectivity index (χ3v) is 5.14. The minimum absolute atomic E-state index is 0.0137. The van der Waals surface area contributed by atoms with E-state index in [9.17, 15) is 24.5 Å². The maximum Gasteiger partial charge on any atom is 0.357 e. The van der Waals surface area contributed by atoms with Crippen LogP contribution in [0.2, 0.25) is 0 Å². The molecule has 4 N–H and O–H groups in total. The average Bonchev–Trinajstić information content (AvgIpc) is 3.08. The van der Waals surface area contributed by atoms with Gasteiger partial charge in [0, 0.05) is 0 Å². The molecule has 26 heavy (non-hydrogen) atoms. The first-order valence-electron chi connectivity index (χ1n) is 6.98.